The number of fused-ring (bicyclic) bond motifs is 1. The summed E-state index contributed by atoms with van der Waals surface area (Å²) in [7, 11) is 0. The Balaban J connectivity index is 1.41. The van der Waals surface area contributed by atoms with Gasteiger partial charge in [0.2, 0.25) is 11.8 Å². The molecule has 0 bridgehead atoms. The fraction of sp³-hybridized carbons (Fsp3) is 0.609. The zero-order valence-corrected chi connectivity index (χ0v) is 17.3. The summed E-state index contributed by atoms with van der Waals surface area (Å²) in [5.74, 6) is 0.514. The van der Waals surface area contributed by atoms with Gasteiger partial charge < -0.3 is 9.88 Å². The largest absolute Gasteiger partial charge is 0.340 e. The van der Waals surface area contributed by atoms with Crippen molar-refractivity contribution in [3.05, 3.63) is 30.1 Å². The van der Waals surface area contributed by atoms with Gasteiger partial charge >= 0.3 is 0 Å². The minimum absolute atomic E-state index is 0.0414. The summed E-state index contributed by atoms with van der Waals surface area (Å²) in [6.07, 6.45) is 8.66. The van der Waals surface area contributed by atoms with E-state index < -0.39 is 5.91 Å². The van der Waals surface area contributed by atoms with Crippen LogP contribution in [-0.2, 0) is 9.59 Å². The molecule has 160 valence electrons. The Morgan fingerprint density at radius 2 is 2.03 bits per heavy atom. The molecule has 1 spiro atoms. The molecule has 1 aromatic carbocycles. The molecule has 0 unspecified atom stereocenters. The average molecular weight is 411 g/mol. The standard InChI is InChI=1S/C23H30N4O3/c28-20(26-30)12-16(11-15-5-1-2-6-15)22(29)27-14-23(9-10-23)13-19(27)21-24-17-7-3-4-8-18(17)25-21/h3-4,7-8,15-16,19,30H,1-2,5-6,9-14H2,(H,24,25)(H,26,28)/t16-,19-/m1/s1. The Kier molecular flexibility index (Phi) is 5.01. The van der Waals surface area contributed by atoms with E-state index in [9.17, 15) is 9.59 Å². The Hall–Kier alpha value is -2.41. The number of hydrogen-bond acceptors (Lipinski definition) is 4. The van der Waals surface area contributed by atoms with Gasteiger partial charge in [-0.1, -0.05) is 37.8 Å². The van der Waals surface area contributed by atoms with E-state index in [1.54, 1.807) is 5.48 Å². The van der Waals surface area contributed by atoms with Crippen molar-refractivity contribution in [3.63, 3.8) is 0 Å². The molecule has 5 rings (SSSR count). The van der Waals surface area contributed by atoms with Gasteiger partial charge in [-0.3, -0.25) is 14.8 Å². The molecule has 1 aliphatic heterocycles. The first-order valence-electron chi connectivity index (χ1n) is 11.2. The second kappa shape index (κ2) is 7.69. The highest BCUT2D eigenvalue weighted by Crippen LogP contribution is 2.58. The van der Waals surface area contributed by atoms with Crippen LogP contribution in [0.4, 0.5) is 0 Å². The number of rotatable bonds is 6. The molecule has 2 aliphatic carbocycles. The summed E-state index contributed by atoms with van der Waals surface area (Å²) >= 11 is 0. The van der Waals surface area contributed by atoms with E-state index in [0.29, 0.717) is 5.92 Å². The predicted octanol–water partition coefficient (Wildman–Crippen LogP) is 3.71. The number of H-pyrrole nitrogens is 1. The third-order valence-electron chi connectivity index (χ3n) is 7.47. The van der Waals surface area contributed by atoms with E-state index in [1.807, 2.05) is 29.2 Å². The monoisotopic (exact) mass is 410 g/mol. The van der Waals surface area contributed by atoms with Crippen molar-refractivity contribution in [1.82, 2.24) is 20.3 Å². The van der Waals surface area contributed by atoms with Crippen LogP contribution in [0.25, 0.3) is 11.0 Å². The molecular formula is C23H30N4O3. The van der Waals surface area contributed by atoms with Gasteiger partial charge in [-0.15, -0.1) is 0 Å². The number of likely N-dealkylation sites (tertiary alicyclic amines) is 1. The van der Waals surface area contributed by atoms with Crippen molar-refractivity contribution in [1.29, 1.82) is 0 Å². The predicted molar refractivity (Wildman–Crippen MR) is 111 cm³/mol. The van der Waals surface area contributed by atoms with Gasteiger partial charge in [0.1, 0.15) is 5.82 Å². The Labute approximate surface area is 176 Å². The van der Waals surface area contributed by atoms with Crippen LogP contribution in [0.1, 0.15) is 69.7 Å². The van der Waals surface area contributed by atoms with E-state index in [0.717, 1.165) is 61.9 Å². The van der Waals surface area contributed by atoms with Gasteiger partial charge in [0.15, 0.2) is 0 Å². The Bertz CT molecular complexity index is 912. The van der Waals surface area contributed by atoms with Crippen molar-refractivity contribution in [2.24, 2.45) is 17.3 Å². The first-order valence-corrected chi connectivity index (χ1v) is 11.2. The lowest BCUT2D eigenvalue weighted by atomic mass is 9.89. The Morgan fingerprint density at radius 3 is 2.73 bits per heavy atom. The number of nitrogens with one attached hydrogen (secondary N) is 2. The highest BCUT2D eigenvalue weighted by molar-refractivity contribution is 5.86. The highest BCUT2D eigenvalue weighted by atomic mass is 16.5. The quantitative estimate of drug-likeness (QED) is 0.499. The van der Waals surface area contributed by atoms with Crippen LogP contribution in [0.5, 0.6) is 0 Å². The normalized spacial score (nSPS) is 23.9. The van der Waals surface area contributed by atoms with Crippen LogP contribution in [0.3, 0.4) is 0 Å². The number of carbonyl (C=O) groups is 2. The Morgan fingerprint density at radius 1 is 1.27 bits per heavy atom. The highest BCUT2D eigenvalue weighted by Gasteiger charge is 2.55. The molecular weight excluding hydrogens is 380 g/mol. The number of hydrogen-bond donors (Lipinski definition) is 3. The summed E-state index contributed by atoms with van der Waals surface area (Å²) in [5.41, 5.74) is 3.85. The molecule has 3 fully saturated rings. The summed E-state index contributed by atoms with van der Waals surface area (Å²) in [6.45, 7) is 0.745. The number of imidazole rings is 1. The summed E-state index contributed by atoms with van der Waals surface area (Å²) in [5, 5.41) is 9.06. The van der Waals surface area contributed by atoms with Crippen molar-refractivity contribution < 1.29 is 14.8 Å². The summed E-state index contributed by atoms with van der Waals surface area (Å²) in [4.78, 5) is 35.9. The minimum Gasteiger partial charge on any atom is -0.340 e. The molecule has 1 saturated heterocycles. The van der Waals surface area contributed by atoms with E-state index in [4.69, 9.17) is 10.2 Å². The lowest BCUT2D eigenvalue weighted by Gasteiger charge is -2.29. The van der Waals surface area contributed by atoms with E-state index >= 15 is 0 Å². The number of hydroxylamine groups is 1. The first kappa shape index (κ1) is 19.5. The molecule has 2 heterocycles. The number of carbonyl (C=O) groups excluding carboxylic acids is 2. The molecule has 3 aliphatic rings. The van der Waals surface area contributed by atoms with Crippen LogP contribution in [0, 0.1) is 17.3 Å². The zero-order chi connectivity index (χ0) is 20.7. The zero-order valence-electron chi connectivity index (χ0n) is 17.3. The van der Waals surface area contributed by atoms with Gasteiger partial charge in [-0.25, -0.2) is 10.5 Å². The minimum atomic E-state index is -0.480. The molecule has 2 atom stereocenters. The van der Waals surface area contributed by atoms with Crippen molar-refractivity contribution in [2.75, 3.05) is 6.54 Å². The fourth-order valence-corrected chi connectivity index (χ4v) is 5.63. The number of benzene rings is 1. The molecule has 0 radical (unpaired) electrons. The molecule has 3 N–H and O–H groups in total. The average Bonchev–Trinajstić information content (AvgIpc) is 3.12. The number of aromatic amines is 1. The van der Waals surface area contributed by atoms with Gasteiger partial charge in [0.05, 0.1) is 17.1 Å². The van der Waals surface area contributed by atoms with Crippen LogP contribution in [-0.4, -0.2) is 38.4 Å². The van der Waals surface area contributed by atoms with Crippen LogP contribution in [0.15, 0.2) is 24.3 Å². The van der Waals surface area contributed by atoms with E-state index in [-0.39, 0.29) is 29.7 Å². The molecule has 2 amide bonds. The van der Waals surface area contributed by atoms with E-state index in [2.05, 4.69) is 4.98 Å². The van der Waals surface area contributed by atoms with Crippen LogP contribution < -0.4 is 5.48 Å². The maximum atomic E-state index is 13.7. The third-order valence-corrected chi connectivity index (χ3v) is 7.47. The lowest BCUT2D eigenvalue weighted by Crippen LogP contribution is -2.39. The van der Waals surface area contributed by atoms with Crippen molar-refractivity contribution >= 4 is 22.8 Å². The summed E-state index contributed by atoms with van der Waals surface area (Å²) in [6, 6.07) is 7.87. The number of nitrogens with zero attached hydrogens (tertiary/aromatic N) is 2. The number of amides is 2. The molecule has 2 saturated carbocycles. The topological polar surface area (TPSA) is 98.3 Å². The van der Waals surface area contributed by atoms with Crippen molar-refractivity contribution in [2.45, 2.75) is 63.8 Å². The maximum Gasteiger partial charge on any atom is 0.244 e. The van der Waals surface area contributed by atoms with Gasteiger partial charge in [-0.05, 0) is 49.1 Å². The summed E-state index contributed by atoms with van der Waals surface area (Å²) < 4.78 is 0. The first-order chi connectivity index (χ1) is 14.6. The van der Waals surface area contributed by atoms with Gasteiger partial charge in [0, 0.05) is 18.9 Å². The van der Waals surface area contributed by atoms with Crippen LogP contribution in [0.2, 0.25) is 0 Å². The second-order valence-electron chi connectivity index (χ2n) is 9.65. The number of aromatic nitrogens is 2. The van der Waals surface area contributed by atoms with Crippen molar-refractivity contribution in [3.8, 4) is 0 Å². The SMILES string of the molecule is O=C(C[C@@H](CC1CCCC1)C(=O)N1CC2(CC2)C[C@@H]1c1nc2ccccc2[nH]1)NO. The second-order valence-corrected chi connectivity index (χ2v) is 9.65. The third kappa shape index (κ3) is 3.71. The van der Waals surface area contributed by atoms with Crippen LogP contribution >= 0.6 is 0 Å². The molecule has 7 heteroatoms. The molecule has 2 aromatic rings. The number of para-hydroxylation sites is 2. The lowest BCUT2D eigenvalue weighted by molar-refractivity contribution is -0.142. The molecule has 7 nitrogen and oxygen atoms in total. The smallest absolute Gasteiger partial charge is 0.244 e. The molecule has 1 aromatic heterocycles. The van der Waals surface area contributed by atoms with Gasteiger partial charge in [0.25, 0.3) is 0 Å². The van der Waals surface area contributed by atoms with Gasteiger partial charge in [-0.2, -0.15) is 0 Å². The van der Waals surface area contributed by atoms with E-state index in [1.165, 1.54) is 12.8 Å². The molecule has 30 heavy (non-hydrogen) atoms. The fourth-order valence-electron chi connectivity index (χ4n) is 5.63. The maximum absolute atomic E-state index is 13.7.